The van der Waals surface area contributed by atoms with Crippen molar-refractivity contribution in [3.05, 3.63) is 71.8 Å². The van der Waals surface area contributed by atoms with Crippen molar-refractivity contribution in [3.8, 4) is 0 Å². The van der Waals surface area contributed by atoms with Gasteiger partial charge >= 0.3 is 11.9 Å². The van der Waals surface area contributed by atoms with Crippen molar-refractivity contribution < 1.29 is 30.0 Å². The minimum absolute atomic E-state index is 0.237. The molecule has 0 atom stereocenters. The molecule has 2 rings (SSSR count). The molecule has 142 valence electrons. The number of carboxylic acids is 2. The predicted octanol–water partition coefficient (Wildman–Crippen LogP) is 3.16. The maximum atomic E-state index is 10.2. The average Bonchev–Trinajstić information content (AvgIpc) is 2.65. The molecule has 0 aliphatic carbocycles. The predicted molar refractivity (Wildman–Crippen MR) is 99.4 cm³/mol. The van der Waals surface area contributed by atoms with Crippen LogP contribution in [0.1, 0.15) is 40.5 Å². The standard InChI is InChI=1S/2C7H6O2.C6H14O2/c2*8-7(9)6-4-2-1-3-5-6;1-6(2-4-7)3-5-8/h2*1-5H,(H,8,9);6-8H,2-5H2,1H3. The van der Waals surface area contributed by atoms with Crippen molar-refractivity contribution in [3.63, 3.8) is 0 Å². The molecule has 0 bridgehead atoms. The second-order valence-corrected chi connectivity index (χ2v) is 5.47. The van der Waals surface area contributed by atoms with E-state index in [-0.39, 0.29) is 13.2 Å². The summed E-state index contributed by atoms with van der Waals surface area (Å²) in [5, 5.41) is 33.5. The van der Waals surface area contributed by atoms with E-state index < -0.39 is 11.9 Å². The molecule has 0 radical (unpaired) electrons. The van der Waals surface area contributed by atoms with Crippen LogP contribution < -0.4 is 0 Å². The first kappa shape index (κ1) is 23.3. The molecule has 26 heavy (non-hydrogen) atoms. The SMILES string of the molecule is CC(CCO)CCO.O=C(O)c1ccccc1.O=C(O)c1ccccc1. The van der Waals surface area contributed by atoms with Gasteiger partial charge < -0.3 is 20.4 Å². The third kappa shape index (κ3) is 11.8. The number of aliphatic hydroxyl groups is 2. The largest absolute Gasteiger partial charge is 0.478 e. The minimum atomic E-state index is -0.879. The van der Waals surface area contributed by atoms with Gasteiger partial charge in [-0.3, -0.25) is 0 Å². The minimum Gasteiger partial charge on any atom is -0.478 e. The van der Waals surface area contributed by atoms with Gasteiger partial charge in [-0.05, 0) is 43.0 Å². The van der Waals surface area contributed by atoms with Gasteiger partial charge in [0.1, 0.15) is 0 Å². The Kier molecular flexibility index (Phi) is 13.1. The molecule has 0 heterocycles. The molecule has 0 aromatic heterocycles. The molecular weight excluding hydrogens is 336 g/mol. The van der Waals surface area contributed by atoms with E-state index in [1.54, 1.807) is 60.7 Å². The summed E-state index contributed by atoms with van der Waals surface area (Å²) in [6.45, 7) is 2.49. The zero-order valence-electron chi connectivity index (χ0n) is 14.8. The van der Waals surface area contributed by atoms with Crippen LogP contribution in [-0.4, -0.2) is 45.6 Å². The van der Waals surface area contributed by atoms with Crippen LogP contribution in [0.2, 0.25) is 0 Å². The summed E-state index contributed by atoms with van der Waals surface area (Å²) in [4.78, 5) is 20.4. The van der Waals surface area contributed by atoms with Crippen molar-refractivity contribution in [2.45, 2.75) is 19.8 Å². The maximum absolute atomic E-state index is 10.2. The number of aliphatic hydroxyl groups excluding tert-OH is 2. The topological polar surface area (TPSA) is 115 Å². The summed E-state index contributed by atoms with van der Waals surface area (Å²) in [6, 6.07) is 16.6. The Labute approximate surface area is 153 Å². The van der Waals surface area contributed by atoms with Gasteiger partial charge in [0.15, 0.2) is 0 Å². The number of carbonyl (C=O) groups is 2. The molecule has 0 spiro atoms. The van der Waals surface area contributed by atoms with Gasteiger partial charge in [0.25, 0.3) is 0 Å². The maximum Gasteiger partial charge on any atom is 0.335 e. The van der Waals surface area contributed by atoms with Gasteiger partial charge in [0, 0.05) is 13.2 Å². The Bertz CT molecular complexity index is 557. The highest BCUT2D eigenvalue weighted by Gasteiger charge is 1.98. The molecule has 2 aromatic carbocycles. The molecule has 0 aliphatic heterocycles. The molecule has 0 saturated heterocycles. The molecule has 2 aromatic rings. The Hall–Kier alpha value is -2.70. The first-order valence-electron chi connectivity index (χ1n) is 8.20. The highest BCUT2D eigenvalue weighted by atomic mass is 16.4. The van der Waals surface area contributed by atoms with E-state index in [4.69, 9.17) is 20.4 Å². The lowest BCUT2D eigenvalue weighted by atomic mass is 10.1. The van der Waals surface area contributed by atoms with Gasteiger partial charge in [-0.15, -0.1) is 0 Å². The lowest BCUT2D eigenvalue weighted by Crippen LogP contribution is -1.99. The summed E-state index contributed by atoms with van der Waals surface area (Å²) in [5.74, 6) is -1.30. The zero-order valence-corrected chi connectivity index (χ0v) is 14.8. The second kappa shape index (κ2) is 14.6. The van der Waals surface area contributed by atoms with Gasteiger partial charge in [-0.1, -0.05) is 43.3 Å². The lowest BCUT2D eigenvalue weighted by molar-refractivity contribution is 0.0686. The number of aromatic carboxylic acids is 2. The highest BCUT2D eigenvalue weighted by molar-refractivity contribution is 5.87. The fraction of sp³-hybridized carbons (Fsp3) is 0.300. The van der Waals surface area contributed by atoms with Crippen LogP contribution in [0.5, 0.6) is 0 Å². The van der Waals surface area contributed by atoms with E-state index in [1.165, 1.54) is 0 Å². The van der Waals surface area contributed by atoms with E-state index in [1.807, 2.05) is 6.92 Å². The number of benzene rings is 2. The third-order valence-electron chi connectivity index (χ3n) is 3.29. The molecule has 6 heteroatoms. The number of hydrogen-bond donors (Lipinski definition) is 4. The van der Waals surface area contributed by atoms with Crippen molar-refractivity contribution in [2.75, 3.05) is 13.2 Å². The Morgan fingerprint density at radius 2 is 1.04 bits per heavy atom. The van der Waals surface area contributed by atoms with E-state index in [2.05, 4.69) is 0 Å². The molecule has 0 aliphatic rings. The van der Waals surface area contributed by atoms with Crippen LogP contribution in [0, 0.1) is 5.92 Å². The normalized spacial score (nSPS) is 9.38. The first-order chi connectivity index (χ1) is 12.4. The molecule has 0 fully saturated rings. The smallest absolute Gasteiger partial charge is 0.335 e. The van der Waals surface area contributed by atoms with Crippen LogP contribution in [0.15, 0.2) is 60.7 Å². The van der Waals surface area contributed by atoms with Crippen molar-refractivity contribution in [2.24, 2.45) is 5.92 Å². The van der Waals surface area contributed by atoms with E-state index in [0.717, 1.165) is 12.8 Å². The zero-order chi connectivity index (χ0) is 19.8. The fourth-order valence-corrected chi connectivity index (χ4v) is 1.75. The molecule has 0 unspecified atom stereocenters. The van der Waals surface area contributed by atoms with Crippen LogP contribution >= 0.6 is 0 Å². The summed E-state index contributed by atoms with van der Waals surface area (Å²) in [7, 11) is 0. The third-order valence-corrected chi connectivity index (χ3v) is 3.29. The molecule has 0 saturated carbocycles. The Balaban J connectivity index is 0.000000362. The highest BCUT2D eigenvalue weighted by Crippen LogP contribution is 2.04. The Morgan fingerprint density at radius 3 is 1.23 bits per heavy atom. The van der Waals surface area contributed by atoms with Gasteiger partial charge in [-0.25, -0.2) is 9.59 Å². The second-order valence-electron chi connectivity index (χ2n) is 5.47. The lowest BCUT2D eigenvalue weighted by Gasteiger charge is -2.04. The summed E-state index contributed by atoms with van der Waals surface area (Å²) in [6.07, 6.45) is 1.61. The summed E-state index contributed by atoms with van der Waals surface area (Å²) >= 11 is 0. The quantitative estimate of drug-likeness (QED) is 0.627. The monoisotopic (exact) mass is 362 g/mol. The molecule has 6 nitrogen and oxygen atoms in total. The fourth-order valence-electron chi connectivity index (χ4n) is 1.75. The average molecular weight is 362 g/mol. The van der Waals surface area contributed by atoms with Gasteiger partial charge in [-0.2, -0.15) is 0 Å². The summed E-state index contributed by atoms with van der Waals surface area (Å²) in [5.41, 5.74) is 0.662. The van der Waals surface area contributed by atoms with Crippen LogP contribution in [0.4, 0.5) is 0 Å². The molecule has 4 N–H and O–H groups in total. The number of carboxylic acid groups (broad SMARTS) is 2. The molecule has 0 amide bonds. The van der Waals surface area contributed by atoms with E-state index in [0.29, 0.717) is 17.0 Å². The van der Waals surface area contributed by atoms with Gasteiger partial charge in [0.05, 0.1) is 11.1 Å². The van der Waals surface area contributed by atoms with E-state index in [9.17, 15) is 9.59 Å². The van der Waals surface area contributed by atoms with Gasteiger partial charge in [0.2, 0.25) is 0 Å². The van der Waals surface area contributed by atoms with E-state index >= 15 is 0 Å². The van der Waals surface area contributed by atoms with Crippen molar-refractivity contribution >= 4 is 11.9 Å². The molecular formula is C20H26O6. The van der Waals surface area contributed by atoms with Crippen LogP contribution in [0.25, 0.3) is 0 Å². The van der Waals surface area contributed by atoms with Crippen LogP contribution in [0.3, 0.4) is 0 Å². The van der Waals surface area contributed by atoms with Crippen molar-refractivity contribution in [1.82, 2.24) is 0 Å². The van der Waals surface area contributed by atoms with Crippen molar-refractivity contribution in [1.29, 1.82) is 0 Å². The number of hydrogen-bond acceptors (Lipinski definition) is 4. The Morgan fingerprint density at radius 1 is 0.731 bits per heavy atom. The van der Waals surface area contributed by atoms with Crippen LogP contribution in [-0.2, 0) is 0 Å². The summed E-state index contributed by atoms with van der Waals surface area (Å²) < 4.78 is 0. The first-order valence-corrected chi connectivity index (χ1v) is 8.20. The number of rotatable bonds is 6.